The molecule has 1 N–H and O–H groups in total. The highest BCUT2D eigenvalue weighted by Crippen LogP contribution is 2.31. The average molecular weight is 382 g/mol. The third-order valence-electron chi connectivity index (χ3n) is 4.31. The molecule has 1 aliphatic heterocycles. The number of aromatic amines is 1. The zero-order valence-electron chi connectivity index (χ0n) is 14.8. The van der Waals surface area contributed by atoms with Crippen LogP contribution in [-0.4, -0.2) is 28.2 Å². The third-order valence-corrected chi connectivity index (χ3v) is 4.31. The first kappa shape index (κ1) is 17.7. The number of nitrogens with zero attached hydrogens (tertiary/aromatic N) is 3. The largest absolute Gasteiger partial charge is 0.495 e. The van der Waals surface area contributed by atoms with Gasteiger partial charge in [0.05, 0.1) is 25.5 Å². The lowest BCUT2D eigenvalue weighted by atomic mass is 10.1. The van der Waals surface area contributed by atoms with Crippen molar-refractivity contribution in [3.05, 3.63) is 75.6 Å². The molecule has 0 aliphatic carbocycles. The van der Waals surface area contributed by atoms with Gasteiger partial charge in [0.1, 0.15) is 12.4 Å². The van der Waals surface area contributed by atoms with Gasteiger partial charge in [-0.3, -0.25) is 19.5 Å². The van der Waals surface area contributed by atoms with Crippen molar-refractivity contribution in [1.29, 1.82) is 0 Å². The number of fused-ring (bicyclic) bond motifs is 1. The molecule has 28 heavy (non-hydrogen) atoms. The van der Waals surface area contributed by atoms with E-state index < -0.39 is 11.7 Å². The molecule has 0 radical (unpaired) electrons. The Morgan fingerprint density at radius 2 is 2.07 bits per heavy atom. The first-order valence-corrected chi connectivity index (χ1v) is 8.37. The lowest BCUT2D eigenvalue weighted by molar-refractivity contribution is 0.0995. The number of H-pyrrole nitrogens is 1. The Labute approximate surface area is 158 Å². The van der Waals surface area contributed by atoms with Gasteiger partial charge in [-0.05, 0) is 35.9 Å². The number of methoxy groups -OCH3 is 1. The molecule has 4 rings (SSSR count). The number of ether oxygens (including phenoxy) is 2. The molecule has 0 saturated carbocycles. The fourth-order valence-electron chi connectivity index (χ4n) is 2.86. The fraction of sp³-hybridized carbons (Fsp3) is 0.158. The average Bonchev–Trinajstić information content (AvgIpc) is 3.03. The predicted molar refractivity (Wildman–Crippen MR) is 96.9 cm³/mol. The SMILES string of the molecule is COc1ccc(COc2cc3c(cc2F)C(=O)N(c2ccc(=O)[nH]n2)C3)nc1. The van der Waals surface area contributed by atoms with Crippen LogP contribution in [0.1, 0.15) is 21.6 Å². The van der Waals surface area contributed by atoms with Crippen LogP contribution in [0.4, 0.5) is 10.2 Å². The maximum Gasteiger partial charge on any atom is 0.264 e. The number of benzene rings is 1. The van der Waals surface area contributed by atoms with E-state index in [9.17, 15) is 14.0 Å². The smallest absolute Gasteiger partial charge is 0.264 e. The van der Waals surface area contributed by atoms with Crippen molar-refractivity contribution in [3.8, 4) is 11.5 Å². The van der Waals surface area contributed by atoms with E-state index in [2.05, 4.69) is 15.2 Å². The van der Waals surface area contributed by atoms with E-state index in [-0.39, 0.29) is 35.8 Å². The quantitative estimate of drug-likeness (QED) is 0.725. The number of rotatable bonds is 5. The van der Waals surface area contributed by atoms with Crippen molar-refractivity contribution in [1.82, 2.24) is 15.2 Å². The van der Waals surface area contributed by atoms with Crippen LogP contribution in [0.2, 0.25) is 0 Å². The number of pyridine rings is 1. The van der Waals surface area contributed by atoms with E-state index in [4.69, 9.17) is 9.47 Å². The molecule has 0 atom stereocenters. The van der Waals surface area contributed by atoms with E-state index >= 15 is 0 Å². The highest BCUT2D eigenvalue weighted by Gasteiger charge is 2.31. The van der Waals surface area contributed by atoms with Crippen molar-refractivity contribution in [2.24, 2.45) is 0 Å². The van der Waals surface area contributed by atoms with Crippen LogP contribution in [-0.2, 0) is 13.2 Å². The number of nitrogens with one attached hydrogen (secondary N) is 1. The zero-order valence-corrected chi connectivity index (χ0v) is 14.8. The number of amides is 1. The molecule has 3 aromatic rings. The fourth-order valence-corrected chi connectivity index (χ4v) is 2.86. The van der Waals surface area contributed by atoms with Crippen LogP contribution in [0.3, 0.4) is 0 Å². The summed E-state index contributed by atoms with van der Waals surface area (Å²) in [5.41, 5.74) is 1.08. The van der Waals surface area contributed by atoms with Crippen LogP contribution in [0.25, 0.3) is 0 Å². The molecule has 1 amide bonds. The minimum Gasteiger partial charge on any atom is -0.495 e. The lowest BCUT2D eigenvalue weighted by Gasteiger charge is -2.12. The number of carbonyl (C=O) groups excluding carboxylic acids is 1. The van der Waals surface area contributed by atoms with Crippen LogP contribution >= 0.6 is 0 Å². The van der Waals surface area contributed by atoms with Crippen LogP contribution in [0.15, 0.2) is 47.4 Å². The Balaban J connectivity index is 1.53. The monoisotopic (exact) mass is 382 g/mol. The van der Waals surface area contributed by atoms with Gasteiger partial charge >= 0.3 is 0 Å². The summed E-state index contributed by atoms with van der Waals surface area (Å²) in [6, 6.07) is 8.81. The molecule has 1 aromatic carbocycles. The topological polar surface area (TPSA) is 97.4 Å². The second-order valence-corrected chi connectivity index (χ2v) is 6.09. The van der Waals surface area contributed by atoms with Gasteiger partial charge in [-0.2, -0.15) is 5.10 Å². The van der Waals surface area contributed by atoms with Gasteiger partial charge < -0.3 is 9.47 Å². The van der Waals surface area contributed by atoms with Crippen molar-refractivity contribution in [3.63, 3.8) is 0 Å². The number of halogens is 1. The molecule has 0 unspecified atom stereocenters. The Morgan fingerprint density at radius 1 is 1.21 bits per heavy atom. The van der Waals surface area contributed by atoms with E-state index in [1.807, 2.05) is 0 Å². The Hall–Kier alpha value is -3.75. The van der Waals surface area contributed by atoms with Gasteiger partial charge in [0.25, 0.3) is 11.5 Å². The van der Waals surface area contributed by atoms with E-state index in [1.165, 1.54) is 23.1 Å². The third kappa shape index (κ3) is 3.29. The summed E-state index contributed by atoms with van der Waals surface area (Å²) in [5, 5.41) is 6.13. The van der Waals surface area contributed by atoms with Crippen molar-refractivity contribution in [2.75, 3.05) is 12.0 Å². The minimum atomic E-state index is -0.642. The van der Waals surface area contributed by atoms with Gasteiger partial charge in [0.2, 0.25) is 0 Å². The minimum absolute atomic E-state index is 0.0282. The maximum absolute atomic E-state index is 14.4. The maximum atomic E-state index is 14.4. The van der Waals surface area contributed by atoms with E-state index in [0.717, 1.165) is 6.07 Å². The van der Waals surface area contributed by atoms with Crippen molar-refractivity contribution in [2.45, 2.75) is 13.2 Å². The first-order valence-electron chi connectivity index (χ1n) is 8.37. The zero-order chi connectivity index (χ0) is 19.7. The molecule has 0 fully saturated rings. The van der Waals surface area contributed by atoms with Crippen molar-refractivity contribution < 1.29 is 18.7 Å². The second-order valence-electron chi connectivity index (χ2n) is 6.09. The standard InChI is InChI=1S/C19H15FN4O4/c1-27-13-3-2-12(21-8-13)10-28-16-6-11-9-24(17-4-5-18(25)23-22-17)19(26)14(11)7-15(16)20/h2-8H,9-10H2,1H3,(H,23,25). The molecular weight excluding hydrogens is 367 g/mol. The highest BCUT2D eigenvalue weighted by molar-refractivity contribution is 6.09. The Kier molecular flexibility index (Phi) is 4.48. The molecular formula is C19H15FN4O4. The number of anilines is 1. The summed E-state index contributed by atoms with van der Waals surface area (Å²) in [4.78, 5) is 29.2. The molecule has 8 nitrogen and oxygen atoms in total. The summed E-state index contributed by atoms with van der Waals surface area (Å²) in [6.45, 7) is 0.267. The van der Waals surface area contributed by atoms with Gasteiger partial charge in [-0.25, -0.2) is 9.49 Å². The lowest BCUT2D eigenvalue weighted by Crippen LogP contribution is -2.25. The normalized spacial score (nSPS) is 12.8. The molecule has 3 heterocycles. The first-order chi connectivity index (χ1) is 13.5. The Morgan fingerprint density at radius 3 is 2.75 bits per heavy atom. The van der Waals surface area contributed by atoms with E-state index in [1.54, 1.807) is 25.4 Å². The van der Waals surface area contributed by atoms with Crippen LogP contribution < -0.4 is 19.9 Å². The summed E-state index contributed by atoms with van der Waals surface area (Å²) in [7, 11) is 1.54. The van der Waals surface area contributed by atoms with Gasteiger partial charge in [0, 0.05) is 11.6 Å². The molecule has 142 valence electrons. The highest BCUT2D eigenvalue weighted by atomic mass is 19.1. The predicted octanol–water partition coefficient (Wildman–Crippen LogP) is 2.05. The summed E-state index contributed by atoms with van der Waals surface area (Å²) >= 11 is 0. The van der Waals surface area contributed by atoms with Crippen molar-refractivity contribution >= 4 is 11.7 Å². The molecule has 9 heteroatoms. The number of aromatic nitrogens is 3. The number of carbonyl (C=O) groups is 1. The molecule has 0 spiro atoms. The second kappa shape index (κ2) is 7.10. The molecule has 1 aliphatic rings. The van der Waals surface area contributed by atoms with E-state index in [0.29, 0.717) is 17.0 Å². The number of hydrogen-bond acceptors (Lipinski definition) is 6. The summed E-state index contributed by atoms with van der Waals surface area (Å²) in [6.07, 6.45) is 1.55. The molecule has 0 saturated heterocycles. The summed E-state index contributed by atoms with van der Waals surface area (Å²) < 4.78 is 25.0. The number of hydrogen-bond donors (Lipinski definition) is 1. The summed E-state index contributed by atoms with van der Waals surface area (Å²) in [5.74, 6) is -0.109. The van der Waals surface area contributed by atoms with Gasteiger partial charge in [-0.15, -0.1) is 0 Å². The molecule has 0 bridgehead atoms. The van der Waals surface area contributed by atoms with Crippen LogP contribution in [0, 0.1) is 5.82 Å². The van der Waals surface area contributed by atoms with Crippen LogP contribution in [0.5, 0.6) is 11.5 Å². The molecule has 2 aromatic heterocycles. The van der Waals surface area contributed by atoms with Gasteiger partial charge in [-0.1, -0.05) is 0 Å². The van der Waals surface area contributed by atoms with Gasteiger partial charge in [0.15, 0.2) is 17.4 Å². The Bertz CT molecular complexity index is 1080.